The van der Waals surface area contributed by atoms with Gasteiger partial charge in [0.15, 0.2) is 5.96 Å². The number of rotatable bonds is 6. The number of carbonyl (C=O) groups is 1. The second-order valence-corrected chi connectivity index (χ2v) is 7.37. The van der Waals surface area contributed by atoms with Crippen LogP contribution in [-0.2, 0) is 24.8 Å². The molecule has 3 N–H and O–H groups in total. The van der Waals surface area contributed by atoms with Crippen LogP contribution in [0.1, 0.15) is 32.0 Å². The smallest absolute Gasteiger partial charge is 0.412 e. The van der Waals surface area contributed by atoms with Crippen molar-refractivity contribution in [2.24, 2.45) is 12.0 Å². The van der Waals surface area contributed by atoms with E-state index in [0.717, 1.165) is 30.2 Å². The summed E-state index contributed by atoms with van der Waals surface area (Å²) in [7, 11) is 3.66. The average Bonchev–Trinajstić information content (AvgIpc) is 3.02. The average molecular weight is 514 g/mol. The summed E-state index contributed by atoms with van der Waals surface area (Å²) in [5.41, 5.74) is 2.43. The molecular formula is C20H31IN6O2. The number of guanidine groups is 1. The van der Waals surface area contributed by atoms with Crippen LogP contribution in [0.2, 0.25) is 0 Å². The Morgan fingerprint density at radius 1 is 1.17 bits per heavy atom. The van der Waals surface area contributed by atoms with Crippen molar-refractivity contribution >= 4 is 41.7 Å². The Morgan fingerprint density at radius 3 is 2.41 bits per heavy atom. The van der Waals surface area contributed by atoms with Crippen molar-refractivity contribution in [3.63, 3.8) is 0 Å². The molecule has 8 nitrogen and oxygen atoms in total. The lowest BCUT2D eigenvalue weighted by Crippen LogP contribution is -2.38. The van der Waals surface area contributed by atoms with Crippen molar-refractivity contribution in [3.8, 4) is 0 Å². The lowest BCUT2D eigenvalue weighted by molar-refractivity contribution is 0.0636. The molecule has 0 aliphatic rings. The number of ether oxygens (including phenoxy) is 1. The molecular weight excluding hydrogens is 483 g/mol. The van der Waals surface area contributed by atoms with Gasteiger partial charge in [-0.05, 0) is 51.0 Å². The number of anilines is 1. The summed E-state index contributed by atoms with van der Waals surface area (Å²) in [6, 6.07) is 9.68. The van der Waals surface area contributed by atoms with Crippen LogP contribution < -0.4 is 16.0 Å². The van der Waals surface area contributed by atoms with Crippen molar-refractivity contribution in [3.05, 3.63) is 47.8 Å². The first-order valence-corrected chi connectivity index (χ1v) is 9.27. The highest BCUT2D eigenvalue weighted by molar-refractivity contribution is 14.0. The zero-order chi connectivity index (χ0) is 20.6. The van der Waals surface area contributed by atoms with Crippen LogP contribution in [0, 0.1) is 0 Å². The van der Waals surface area contributed by atoms with Gasteiger partial charge in [-0.1, -0.05) is 12.1 Å². The van der Waals surface area contributed by atoms with Crippen LogP contribution in [0.3, 0.4) is 0 Å². The summed E-state index contributed by atoms with van der Waals surface area (Å²) >= 11 is 0. The molecule has 2 aromatic rings. The molecule has 0 spiro atoms. The predicted molar refractivity (Wildman–Crippen MR) is 127 cm³/mol. The van der Waals surface area contributed by atoms with Gasteiger partial charge in [-0.15, -0.1) is 24.0 Å². The first kappa shape index (κ1) is 24.7. The van der Waals surface area contributed by atoms with E-state index in [2.05, 4.69) is 26.0 Å². The Hall–Kier alpha value is -2.30. The Balaban J connectivity index is 0.00000420. The largest absolute Gasteiger partial charge is 0.444 e. The zero-order valence-corrected chi connectivity index (χ0v) is 20.0. The number of aromatic nitrogens is 2. The topological polar surface area (TPSA) is 92.6 Å². The number of amides is 1. The summed E-state index contributed by atoms with van der Waals surface area (Å²) in [4.78, 5) is 16.0. The number of halogens is 1. The number of nitrogens with one attached hydrogen (secondary N) is 3. The van der Waals surface area contributed by atoms with Crippen LogP contribution >= 0.6 is 24.0 Å². The summed E-state index contributed by atoms with van der Waals surface area (Å²) in [6.45, 7) is 6.90. The highest BCUT2D eigenvalue weighted by Crippen LogP contribution is 2.13. The van der Waals surface area contributed by atoms with Crippen molar-refractivity contribution in [2.75, 3.05) is 18.9 Å². The molecule has 0 saturated carbocycles. The molecule has 0 radical (unpaired) electrons. The number of carbonyl (C=O) groups excluding carboxylic acids is 1. The maximum atomic E-state index is 11.8. The minimum atomic E-state index is -0.515. The molecule has 0 aliphatic carbocycles. The SMILES string of the molecule is CN=C(NCCc1ccc(NC(=O)OC(C)(C)C)cc1)NCc1ccnn1C.I. The maximum absolute atomic E-state index is 11.8. The number of aliphatic imine (C=N–C) groups is 1. The van der Waals surface area contributed by atoms with Gasteiger partial charge < -0.3 is 15.4 Å². The van der Waals surface area contributed by atoms with E-state index in [4.69, 9.17) is 4.74 Å². The molecule has 0 atom stereocenters. The summed E-state index contributed by atoms with van der Waals surface area (Å²) < 4.78 is 7.07. The molecule has 9 heteroatoms. The normalized spacial score (nSPS) is 11.4. The second kappa shape index (κ2) is 11.6. The lowest BCUT2D eigenvalue weighted by atomic mass is 10.1. The van der Waals surface area contributed by atoms with Gasteiger partial charge in [-0.2, -0.15) is 5.10 Å². The van der Waals surface area contributed by atoms with Gasteiger partial charge in [-0.25, -0.2) is 4.79 Å². The molecule has 1 aromatic carbocycles. The van der Waals surface area contributed by atoms with Crippen LogP contribution in [0.15, 0.2) is 41.5 Å². The quantitative estimate of drug-likeness (QED) is 0.313. The third-order valence-corrected chi connectivity index (χ3v) is 3.89. The van der Waals surface area contributed by atoms with Crippen molar-refractivity contribution in [2.45, 2.75) is 39.3 Å². The standard InChI is InChI=1S/C20H30N6O2.HI/c1-20(2,3)28-19(27)25-16-8-6-15(7-9-16)10-12-22-18(21-4)23-14-17-11-13-24-26(17)5;/h6-9,11,13H,10,12,14H2,1-5H3,(H,25,27)(H2,21,22,23);1H. The van der Waals surface area contributed by atoms with E-state index in [1.165, 1.54) is 0 Å². The van der Waals surface area contributed by atoms with Gasteiger partial charge in [-0.3, -0.25) is 15.0 Å². The number of hydrogen-bond donors (Lipinski definition) is 3. The molecule has 1 amide bonds. The van der Waals surface area contributed by atoms with Crippen LogP contribution in [-0.4, -0.2) is 41.0 Å². The molecule has 29 heavy (non-hydrogen) atoms. The molecule has 0 bridgehead atoms. The maximum Gasteiger partial charge on any atom is 0.412 e. The summed E-state index contributed by atoms with van der Waals surface area (Å²) in [5.74, 6) is 0.740. The van der Waals surface area contributed by atoms with Gasteiger partial charge in [0.1, 0.15) is 5.60 Å². The Morgan fingerprint density at radius 2 is 1.86 bits per heavy atom. The third kappa shape index (κ3) is 9.16. The van der Waals surface area contributed by atoms with Gasteiger partial charge in [0.25, 0.3) is 0 Å². The van der Waals surface area contributed by atoms with E-state index in [9.17, 15) is 4.79 Å². The van der Waals surface area contributed by atoms with Gasteiger partial charge >= 0.3 is 6.09 Å². The van der Waals surface area contributed by atoms with Gasteiger partial charge in [0, 0.05) is 32.5 Å². The molecule has 0 saturated heterocycles. The minimum absolute atomic E-state index is 0. The third-order valence-electron chi connectivity index (χ3n) is 3.89. The second-order valence-electron chi connectivity index (χ2n) is 7.37. The minimum Gasteiger partial charge on any atom is -0.444 e. The monoisotopic (exact) mass is 514 g/mol. The first-order valence-electron chi connectivity index (χ1n) is 9.27. The summed E-state index contributed by atoms with van der Waals surface area (Å²) in [6.07, 6.45) is 2.15. The fourth-order valence-electron chi connectivity index (χ4n) is 2.47. The van der Waals surface area contributed by atoms with Crippen molar-refractivity contribution in [1.82, 2.24) is 20.4 Å². The Kier molecular flexibility index (Phi) is 9.93. The molecule has 160 valence electrons. The molecule has 0 fully saturated rings. The van der Waals surface area contributed by atoms with E-state index >= 15 is 0 Å². The fraction of sp³-hybridized carbons (Fsp3) is 0.450. The van der Waals surface area contributed by atoms with Crippen molar-refractivity contribution in [1.29, 1.82) is 0 Å². The fourth-order valence-corrected chi connectivity index (χ4v) is 2.47. The summed E-state index contributed by atoms with van der Waals surface area (Å²) in [5, 5.41) is 13.4. The van der Waals surface area contributed by atoms with Gasteiger partial charge in [0.05, 0.1) is 12.2 Å². The number of hydrogen-bond acceptors (Lipinski definition) is 4. The molecule has 0 aliphatic heterocycles. The zero-order valence-electron chi connectivity index (χ0n) is 17.7. The molecule has 2 rings (SSSR count). The number of benzene rings is 1. The predicted octanol–water partition coefficient (Wildman–Crippen LogP) is 3.29. The number of aryl methyl sites for hydroxylation is 1. The lowest BCUT2D eigenvalue weighted by Gasteiger charge is -2.19. The Labute approximate surface area is 189 Å². The molecule has 1 heterocycles. The van der Waals surface area contributed by atoms with E-state index in [-0.39, 0.29) is 24.0 Å². The first-order chi connectivity index (χ1) is 13.3. The highest BCUT2D eigenvalue weighted by atomic mass is 127. The van der Waals surface area contributed by atoms with Crippen molar-refractivity contribution < 1.29 is 9.53 Å². The van der Waals surface area contributed by atoms with E-state index < -0.39 is 11.7 Å². The molecule has 0 unspecified atom stereocenters. The Bertz CT molecular complexity index is 796. The number of nitrogens with zero attached hydrogens (tertiary/aromatic N) is 3. The molecule has 1 aromatic heterocycles. The highest BCUT2D eigenvalue weighted by Gasteiger charge is 2.16. The van der Waals surface area contributed by atoms with Gasteiger partial charge in [0.2, 0.25) is 0 Å². The van der Waals surface area contributed by atoms with Crippen LogP contribution in [0.4, 0.5) is 10.5 Å². The van der Waals surface area contributed by atoms with Crippen LogP contribution in [0.25, 0.3) is 0 Å². The van der Waals surface area contributed by atoms with Crippen LogP contribution in [0.5, 0.6) is 0 Å². The van der Waals surface area contributed by atoms with E-state index in [1.807, 2.05) is 62.8 Å². The van der Waals surface area contributed by atoms with E-state index in [0.29, 0.717) is 12.2 Å². The van der Waals surface area contributed by atoms with E-state index in [1.54, 1.807) is 13.2 Å².